The molecular formula is C16H22IN5OS. The number of aromatic nitrogens is 1. The van der Waals surface area contributed by atoms with Crippen molar-refractivity contribution in [3.8, 4) is 0 Å². The SMILES string of the molecule is CCc1cnc(CNC(=NC)NCC(=O)Nc2ccccc2)s1.I. The molecule has 1 amide bonds. The number of benzene rings is 1. The molecule has 0 fully saturated rings. The molecule has 8 heteroatoms. The van der Waals surface area contributed by atoms with Crippen LogP contribution in [0, 0.1) is 0 Å². The second-order valence-corrected chi connectivity index (χ2v) is 5.97. The van der Waals surface area contributed by atoms with Crippen molar-refractivity contribution in [2.45, 2.75) is 19.9 Å². The molecule has 0 aliphatic heterocycles. The number of aryl methyl sites for hydroxylation is 1. The first-order chi connectivity index (χ1) is 11.2. The minimum absolute atomic E-state index is 0. The number of nitrogens with zero attached hydrogens (tertiary/aromatic N) is 2. The Balaban J connectivity index is 0.00000288. The highest BCUT2D eigenvalue weighted by atomic mass is 127. The van der Waals surface area contributed by atoms with E-state index in [1.807, 2.05) is 36.5 Å². The molecule has 0 spiro atoms. The average Bonchev–Trinajstić information content (AvgIpc) is 3.04. The zero-order valence-corrected chi connectivity index (χ0v) is 16.9. The van der Waals surface area contributed by atoms with Crippen LogP contribution in [0.25, 0.3) is 0 Å². The van der Waals surface area contributed by atoms with E-state index >= 15 is 0 Å². The minimum atomic E-state index is -0.123. The first kappa shape index (κ1) is 20.4. The van der Waals surface area contributed by atoms with E-state index < -0.39 is 0 Å². The minimum Gasteiger partial charge on any atom is -0.350 e. The molecule has 1 aromatic carbocycles. The van der Waals surface area contributed by atoms with E-state index in [1.54, 1.807) is 18.4 Å². The third-order valence-corrected chi connectivity index (χ3v) is 4.20. The zero-order chi connectivity index (χ0) is 16.5. The fraction of sp³-hybridized carbons (Fsp3) is 0.312. The highest BCUT2D eigenvalue weighted by Crippen LogP contribution is 2.12. The first-order valence-electron chi connectivity index (χ1n) is 7.44. The molecule has 3 N–H and O–H groups in total. The Labute approximate surface area is 163 Å². The molecular weight excluding hydrogens is 437 g/mol. The van der Waals surface area contributed by atoms with Crippen LogP contribution in [-0.2, 0) is 17.8 Å². The van der Waals surface area contributed by atoms with E-state index in [2.05, 4.69) is 32.9 Å². The summed E-state index contributed by atoms with van der Waals surface area (Å²) in [5, 5.41) is 9.94. The summed E-state index contributed by atoms with van der Waals surface area (Å²) in [6.45, 7) is 2.84. The lowest BCUT2D eigenvalue weighted by molar-refractivity contribution is -0.115. The summed E-state index contributed by atoms with van der Waals surface area (Å²) in [7, 11) is 1.67. The topological polar surface area (TPSA) is 78.4 Å². The van der Waals surface area contributed by atoms with Crippen LogP contribution in [0.15, 0.2) is 41.5 Å². The number of carbonyl (C=O) groups excluding carboxylic acids is 1. The summed E-state index contributed by atoms with van der Waals surface area (Å²) in [5.74, 6) is 0.447. The van der Waals surface area contributed by atoms with Gasteiger partial charge in [-0.2, -0.15) is 0 Å². The van der Waals surface area contributed by atoms with Gasteiger partial charge < -0.3 is 16.0 Å². The molecule has 0 aliphatic rings. The maximum atomic E-state index is 11.9. The predicted octanol–water partition coefficient (Wildman–Crippen LogP) is 2.63. The van der Waals surface area contributed by atoms with Crippen molar-refractivity contribution < 1.29 is 4.79 Å². The van der Waals surface area contributed by atoms with Gasteiger partial charge in [-0.3, -0.25) is 9.79 Å². The summed E-state index contributed by atoms with van der Waals surface area (Å²) >= 11 is 1.68. The second-order valence-electron chi connectivity index (χ2n) is 4.77. The van der Waals surface area contributed by atoms with Gasteiger partial charge in [0.1, 0.15) is 5.01 Å². The summed E-state index contributed by atoms with van der Waals surface area (Å²) in [5.41, 5.74) is 0.775. The molecule has 1 heterocycles. The van der Waals surface area contributed by atoms with E-state index in [1.165, 1.54) is 4.88 Å². The lowest BCUT2D eigenvalue weighted by Gasteiger charge is -2.11. The van der Waals surface area contributed by atoms with Crippen LogP contribution in [0.5, 0.6) is 0 Å². The molecule has 0 unspecified atom stereocenters. The van der Waals surface area contributed by atoms with E-state index in [0.717, 1.165) is 17.1 Å². The van der Waals surface area contributed by atoms with Gasteiger partial charge in [0, 0.05) is 23.8 Å². The van der Waals surface area contributed by atoms with Crippen molar-refractivity contribution in [3.05, 3.63) is 46.4 Å². The van der Waals surface area contributed by atoms with Crippen LogP contribution in [0.3, 0.4) is 0 Å². The van der Waals surface area contributed by atoms with E-state index in [4.69, 9.17) is 0 Å². The van der Waals surface area contributed by atoms with Crippen molar-refractivity contribution in [1.82, 2.24) is 15.6 Å². The van der Waals surface area contributed by atoms with Gasteiger partial charge in [-0.1, -0.05) is 25.1 Å². The first-order valence-corrected chi connectivity index (χ1v) is 8.26. The lowest BCUT2D eigenvalue weighted by atomic mass is 10.3. The largest absolute Gasteiger partial charge is 0.350 e. The molecule has 24 heavy (non-hydrogen) atoms. The van der Waals surface area contributed by atoms with Crippen LogP contribution >= 0.6 is 35.3 Å². The van der Waals surface area contributed by atoms with Gasteiger partial charge >= 0.3 is 0 Å². The number of hydrogen-bond donors (Lipinski definition) is 3. The number of thiazole rings is 1. The van der Waals surface area contributed by atoms with Crippen LogP contribution in [-0.4, -0.2) is 30.4 Å². The third-order valence-electron chi connectivity index (χ3n) is 3.05. The van der Waals surface area contributed by atoms with E-state index in [-0.39, 0.29) is 36.4 Å². The normalized spacial score (nSPS) is 10.7. The number of amides is 1. The number of anilines is 1. The molecule has 130 valence electrons. The zero-order valence-electron chi connectivity index (χ0n) is 13.7. The standard InChI is InChI=1S/C16H21N5OS.HI/c1-3-13-9-18-15(23-13)11-20-16(17-2)19-10-14(22)21-12-7-5-4-6-8-12;/h4-9H,3,10-11H2,1-2H3,(H,21,22)(H2,17,19,20);1H. The Hall–Kier alpha value is -1.68. The lowest BCUT2D eigenvalue weighted by Crippen LogP contribution is -2.41. The van der Waals surface area contributed by atoms with Crippen LogP contribution < -0.4 is 16.0 Å². The molecule has 0 aliphatic carbocycles. The summed E-state index contributed by atoms with van der Waals surface area (Å²) in [6, 6.07) is 9.35. The maximum Gasteiger partial charge on any atom is 0.243 e. The second kappa shape index (κ2) is 11.0. The highest BCUT2D eigenvalue weighted by molar-refractivity contribution is 14.0. The quantitative estimate of drug-likeness (QED) is 0.353. The third kappa shape index (κ3) is 6.83. The Bertz CT molecular complexity index is 659. The predicted molar refractivity (Wildman–Crippen MR) is 110 cm³/mol. The smallest absolute Gasteiger partial charge is 0.243 e. The Morgan fingerprint density at radius 2 is 2.00 bits per heavy atom. The monoisotopic (exact) mass is 459 g/mol. The van der Waals surface area contributed by atoms with Gasteiger partial charge in [0.05, 0.1) is 13.1 Å². The molecule has 6 nitrogen and oxygen atoms in total. The molecule has 2 aromatic rings. The molecule has 0 radical (unpaired) electrons. The van der Waals surface area contributed by atoms with Gasteiger partial charge in [-0.25, -0.2) is 4.98 Å². The van der Waals surface area contributed by atoms with Crippen LogP contribution in [0.4, 0.5) is 5.69 Å². The number of halogens is 1. The number of hydrogen-bond acceptors (Lipinski definition) is 4. The van der Waals surface area contributed by atoms with Crippen molar-refractivity contribution in [3.63, 3.8) is 0 Å². The number of carbonyl (C=O) groups is 1. The summed E-state index contributed by atoms with van der Waals surface area (Å²) in [4.78, 5) is 21.6. The van der Waals surface area contributed by atoms with Gasteiger partial charge in [0.2, 0.25) is 5.91 Å². The van der Waals surface area contributed by atoms with Crippen LogP contribution in [0.1, 0.15) is 16.8 Å². The molecule has 0 saturated carbocycles. The number of nitrogens with one attached hydrogen (secondary N) is 3. The van der Waals surface area contributed by atoms with Gasteiger partial charge in [-0.05, 0) is 18.6 Å². The Kier molecular flexibility index (Phi) is 9.31. The van der Waals surface area contributed by atoms with Crippen molar-refractivity contribution in [1.29, 1.82) is 0 Å². The fourth-order valence-corrected chi connectivity index (χ4v) is 2.67. The Morgan fingerprint density at radius 3 is 2.62 bits per heavy atom. The summed E-state index contributed by atoms with van der Waals surface area (Å²) in [6.07, 6.45) is 2.88. The van der Waals surface area contributed by atoms with Gasteiger partial charge in [0.15, 0.2) is 5.96 Å². The van der Waals surface area contributed by atoms with Gasteiger partial charge in [0.25, 0.3) is 0 Å². The van der Waals surface area contributed by atoms with Crippen molar-refractivity contribution in [2.24, 2.45) is 4.99 Å². The van der Waals surface area contributed by atoms with E-state index in [9.17, 15) is 4.79 Å². The number of para-hydroxylation sites is 1. The van der Waals surface area contributed by atoms with E-state index in [0.29, 0.717) is 12.5 Å². The number of guanidine groups is 1. The highest BCUT2D eigenvalue weighted by Gasteiger charge is 2.05. The van der Waals surface area contributed by atoms with Crippen LogP contribution in [0.2, 0.25) is 0 Å². The number of aliphatic imine (C=N–C) groups is 1. The maximum absolute atomic E-state index is 11.9. The average molecular weight is 459 g/mol. The number of rotatable bonds is 6. The van der Waals surface area contributed by atoms with Crippen molar-refractivity contribution >= 4 is 52.9 Å². The fourth-order valence-electron chi connectivity index (χ4n) is 1.86. The molecule has 1 aromatic heterocycles. The van der Waals surface area contributed by atoms with Crippen molar-refractivity contribution in [2.75, 3.05) is 18.9 Å². The Morgan fingerprint density at radius 1 is 1.25 bits per heavy atom. The molecule has 0 bridgehead atoms. The molecule has 2 rings (SSSR count). The molecule has 0 atom stereocenters. The summed E-state index contributed by atoms with van der Waals surface area (Å²) < 4.78 is 0. The van der Waals surface area contributed by atoms with Gasteiger partial charge in [-0.15, -0.1) is 35.3 Å². The molecule has 0 saturated heterocycles.